The van der Waals surface area contributed by atoms with Crippen LogP contribution in [-0.2, 0) is 4.74 Å². The summed E-state index contributed by atoms with van der Waals surface area (Å²) >= 11 is 0. The maximum absolute atomic E-state index is 12.5. The molecule has 3 aromatic rings. The van der Waals surface area contributed by atoms with Gasteiger partial charge in [-0.05, 0) is 36.4 Å². The Bertz CT molecular complexity index is 963. The van der Waals surface area contributed by atoms with E-state index in [1.807, 2.05) is 12.1 Å². The van der Waals surface area contributed by atoms with Crippen molar-refractivity contribution >= 4 is 11.9 Å². The maximum Gasteiger partial charge on any atom is 0.337 e. The van der Waals surface area contributed by atoms with Crippen molar-refractivity contribution in [2.24, 2.45) is 0 Å². The highest BCUT2D eigenvalue weighted by Crippen LogP contribution is 2.28. The Kier molecular flexibility index (Phi) is 4.37. The molecule has 1 amide bonds. The molecule has 0 N–H and O–H groups in total. The molecule has 1 saturated heterocycles. The lowest BCUT2D eigenvalue weighted by Gasteiger charge is -2.37. The summed E-state index contributed by atoms with van der Waals surface area (Å²) in [5, 5.41) is 3.99. The lowest BCUT2D eigenvalue weighted by atomic mass is 9.98. The van der Waals surface area contributed by atoms with Crippen molar-refractivity contribution in [2.75, 3.05) is 20.2 Å². The highest BCUT2D eigenvalue weighted by atomic mass is 16.5. The van der Waals surface area contributed by atoms with Gasteiger partial charge in [0, 0.05) is 36.6 Å². The standard InChI is InChI=1S/C19H16N4O4/c1-26-19(25)14-4-2-13(3-5-14)18(24)23-10-15(11-23)17-21-16(22-27-17)12-6-8-20-9-7-12/h2-9,15H,10-11H2,1H3. The molecule has 136 valence electrons. The largest absolute Gasteiger partial charge is 0.465 e. The normalized spacial score (nSPS) is 13.9. The Balaban J connectivity index is 1.39. The molecule has 0 bridgehead atoms. The zero-order valence-electron chi connectivity index (χ0n) is 14.5. The van der Waals surface area contributed by atoms with E-state index in [1.165, 1.54) is 7.11 Å². The second kappa shape index (κ2) is 6.99. The van der Waals surface area contributed by atoms with Crippen LogP contribution in [0.4, 0.5) is 0 Å². The summed E-state index contributed by atoms with van der Waals surface area (Å²) in [7, 11) is 1.32. The number of hydrogen-bond donors (Lipinski definition) is 0. The maximum atomic E-state index is 12.5. The van der Waals surface area contributed by atoms with Crippen LogP contribution in [0.1, 0.15) is 32.5 Å². The third-order valence-corrected chi connectivity index (χ3v) is 4.45. The van der Waals surface area contributed by atoms with Gasteiger partial charge in [0.15, 0.2) is 0 Å². The van der Waals surface area contributed by atoms with Crippen molar-refractivity contribution in [1.82, 2.24) is 20.0 Å². The fourth-order valence-electron chi connectivity index (χ4n) is 2.87. The molecule has 3 heterocycles. The lowest BCUT2D eigenvalue weighted by Crippen LogP contribution is -2.48. The number of likely N-dealkylation sites (tertiary alicyclic amines) is 1. The van der Waals surface area contributed by atoms with E-state index in [0.717, 1.165) is 5.56 Å². The summed E-state index contributed by atoms with van der Waals surface area (Å²) < 4.78 is 9.99. The zero-order chi connectivity index (χ0) is 18.8. The van der Waals surface area contributed by atoms with Crippen LogP contribution in [-0.4, -0.2) is 52.1 Å². The minimum atomic E-state index is -0.431. The van der Waals surface area contributed by atoms with Gasteiger partial charge in [-0.2, -0.15) is 4.98 Å². The van der Waals surface area contributed by atoms with Gasteiger partial charge in [-0.25, -0.2) is 4.79 Å². The van der Waals surface area contributed by atoms with Gasteiger partial charge in [-0.1, -0.05) is 5.16 Å². The minimum absolute atomic E-state index is 0.0198. The number of hydrogen-bond acceptors (Lipinski definition) is 7. The number of benzene rings is 1. The molecule has 0 atom stereocenters. The van der Waals surface area contributed by atoms with Gasteiger partial charge >= 0.3 is 5.97 Å². The number of rotatable bonds is 4. The number of carbonyl (C=O) groups excluding carboxylic acids is 2. The number of carbonyl (C=O) groups is 2. The number of ether oxygens (including phenoxy) is 1. The SMILES string of the molecule is COC(=O)c1ccc(C(=O)N2CC(c3nc(-c4ccncc4)no3)C2)cc1. The molecule has 4 rings (SSSR count). The van der Waals surface area contributed by atoms with Crippen LogP contribution in [0.3, 0.4) is 0 Å². The van der Waals surface area contributed by atoms with E-state index in [1.54, 1.807) is 41.6 Å². The molecule has 0 unspecified atom stereocenters. The van der Waals surface area contributed by atoms with Crippen LogP contribution in [0.5, 0.6) is 0 Å². The van der Waals surface area contributed by atoms with E-state index in [-0.39, 0.29) is 11.8 Å². The smallest absolute Gasteiger partial charge is 0.337 e. The fourth-order valence-corrected chi connectivity index (χ4v) is 2.87. The van der Waals surface area contributed by atoms with Gasteiger partial charge in [0.25, 0.3) is 5.91 Å². The van der Waals surface area contributed by atoms with E-state index in [9.17, 15) is 9.59 Å². The molecule has 0 radical (unpaired) electrons. The first kappa shape index (κ1) is 16.9. The van der Waals surface area contributed by atoms with Crippen LogP contribution in [0.25, 0.3) is 11.4 Å². The molecular formula is C19H16N4O4. The van der Waals surface area contributed by atoms with Crippen LogP contribution in [0, 0.1) is 0 Å². The Hall–Kier alpha value is -3.55. The summed E-state index contributed by atoms with van der Waals surface area (Å²) in [6.07, 6.45) is 3.33. The Labute approximate surface area is 154 Å². The number of esters is 1. The monoisotopic (exact) mass is 364 g/mol. The third kappa shape index (κ3) is 3.29. The van der Waals surface area contributed by atoms with Crippen LogP contribution >= 0.6 is 0 Å². The highest BCUT2D eigenvalue weighted by Gasteiger charge is 2.36. The average Bonchev–Trinajstić information content (AvgIpc) is 3.16. The van der Waals surface area contributed by atoms with Crippen LogP contribution in [0.15, 0.2) is 53.3 Å². The van der Waals surface area contributed by atoms with Gasteiger partial charge in [-0.15, -0.1) is 0 Å². The second-order valence-electron chi connectivity index (χ2n) is 6.17. The summed E-state index contributed by atoms with van der Waals surface area (Å²) in [5.41, 5.74) is 1.76. The Morgan fingerprint density at radius 3 is 2.41 bits per heavy atom. The minimum Gasteiger partial charge on any atom is -0.465 e. The number of aromatic nitrogens is 3. The number of pyridine rings is 1. The molecule has 1 aliphatic rings. The van der Waals surface area contributed by atoms with E-state index in [0.29, 0.717) is 35.9 Å². The highest BCUT2D eigenvalue weighted by molar-refractivity contribution is 5.96. The molecule has 8 heteroatoms. The van der Waals surface area contributed by atoms with Crippen molar-refractivity contribution in [3.05, 3.63) is 65.8 Å². The molecular weight excluding hydrogens is 348 g/mol. The van der Waals surface area contributed by atoms with Gasteiger partial charge in [0.2, 0.25) is 11.7 Å². The first-order valence-corrected chi connectivity index (χ1v) is 8.37. The van der Waals surface area contributed by atoms with E-state index < -0.39 is 5.97 Å². The first-order valence-electron chi connectivity index (χ1n) is 8.37. The molecule has 0 aliphatic carbocycles. The number of nitrogens with zero attached hydrogens (tertiary/aromatic N) is 4. The number of amides is 1. The Morgan fingerprint density at radius 1 is 1.07 bits per heavy atom. The van der Waals surface area contributed by atoms with Crippen molar-refractivity contribution in [3.63, 3.8) is 0 Å². The van der Waals surface area contributed by atoms with Crippen molar-refractivity contribution < 1.29 is 18.8 Å². The van der Waals surface area contributed by atoms with Gasteiger partial charge in [-0.3, -0.25) is 9.78 Å². The topological polar surface area (TPSA) is 98.4 Å². The summed E-state index contributed by atoms with van der Waals surface area (Å²) in [5.74, 6) is 0.518. The molecule has 0 saturated carbocycles. The third-order valence-electron chi connectivity index (χ3n) is 4.45. The van der Waals surface area contributed by atoms with E-state index >= 15 is 0 Å². The molecule has 0 spiro atoms. The zero-order valence-corrected chi connectivity index (χ0v) is 14.5. The molecule has 27 heavy (non-hydrogen) atoms. The molecule has 1 aromatic carbocycles. The van der Waals surface area contributed by atoms with E-state index in [4.69, 9.17) is 4.52 Å². The molecule has 8 nitrogen and oxygen atoms in total. The number of methoxy groups -OCH3 is 1. The average molecular weight is 364 g/mol. The fraction of sp³-hybridized carbons (Fsp3) is 0.211. The van der Waals surface area contributed by atoms with Gasteiger partial charge in [0.1, 0.15) is 0 Å². The Morgan fingerprint density at radius 2 is 1.74 bits per heavy atom. The van der Waals surface area contributed by atoms with Gasteiger partial charge < -0.3 is 14.2 Å². The molecule has 1 aliphatic heterocycles. The first-order chi connectivity index (χ1) is 13.2. The molecule has 2 aromatic heterocycles. The van der Waals surface area contributed by atoms with Crippen molar-refractivity contribution in [3.8, 4) is 11.4 Å². The predicted octanol–water partition coefficient (Wildman–Crippen LogP) is 2.16. The van der Waals surface area contributed by atoms with Crippen LogP contribution < -0.4 is 0 Å². The van der Waals surface area contributed by atoms with Gasteiger partial charge in [0.05, 0.1) is 18.6 Å². The quantitative estimate of drug-likeness (QED) is 0.654. The summed E-state index contributed by atoms with van der Waals surface area (Å²) in [6, 6.07) is 10.0. The lowest BCUT2D eigenvalue weighted by molar-refractivity contribution is 0.0564. The van der Waals surface area contributed by atoms with Crippen molar-refractivity contribution in [2.45, 2.75) is 5.92 Å². The summed E-state index contributed by atoms with van der Waals surface area (Å²) in [4.78, 5) is 34.1. The second-order valence-corrected chi connectivity index (χ2v) is 6.17. The molecule has 1 fully saturated rings. The predicted molar refractivity (Wildman–Crippen MR) is 94.0 cm³/mol. The van der Waals surface area contributed by atoms with Crippen molar-refractivity contribution in [1.29, 1.82) is 0 Å². The van der Waals surface area contributed by atoms with E-state index in [2.05, 4.69) is 19.9 Å². The van der Waals surface area contributed by atoms with Crippen LogP contribution in [0.2, 0.25) is 0 Å². The summed E-state index contributed by atoms with van der Waals surface area (Å²) in [6.45, 7) is 1.02.